The minimum Gasteiger partial charge on any atom is -0.390 e. The summed E-state index contributed by atoms with van der Waals surface area (Å²) in [6.45, 7) is 0. The lowest BCUT2D eigenvalue weighted by atomic mass is 10.1. The summed E-state index contributed by atoms with van der Waals surface area (Å²) in [6, 6.07) is 10.3. The van der Waals surface area contributed by atoms with Crippen molar-refractivity contribution in [3.05, 3.63) is 58.9 Å². The van der Waals surface area contributed by atoms with E-state index in [1.54, 1.807) is 12.1 Å². The van der Waals surface area contributed by atoms with Gasteiger partial charge in [-0.2, -0.15) is 0 Å². The number of aromatic nitrogens is 1. The minimum absolute atomic E-state index is 0.309. The van der Waals surface area contributed by atoms with Crippen molar-refractivity contribution in [3.63, 3.8) is 0 Å². The molecule has 0 aliphatic heterocycles. The second-order valence-electron chi connectivity index (χ2n) is 4.87. The average molecular weight is 270 g/mol. The first-order valence-corrected chi connectivity index (χ1v) is 6.40. The van der Waals surface area contributed by atoms with Gasteiger partial charge in [0.2, 0.25) is 0 Å². The Kier molecular flexibility index (Phi) is 3.12. The van der Waals surface area contributed by atoms with E-state index in [1.807, 2.05) is 24.3 Å². The number of carbonyl (C=O) groups excluding carboxylic acids is 2. The van der Waals surface area contributed by atoms with Crippen LogP contribution < -0.4 is 5.32 Å². The number of aliphatic hydroxyl groups excluding tert-OH is 1. The average Bonchev–Trinajstić information content (AvgIpc) is 3.04. The third kappa shape index (κ3) is 2.12. The van der Waals surface area contributed by atoms with Crippen molar-refractivity contribution in [1.29, 1.82) is 0 Å². The molecule has 0 radical (unpaired) electrons. The largest absolute Gasteiger partial charge is 0.390 e. The third-order valence-electron chi connectivity index (χ3n) is 3.57. The van der Waals surface area contributed by atoms with Gasteiger partial charge in [0.25, 0.3) is 5.91 Å². The van der Waals surface area contributed by atoms with E-state index in [2.05, 4.69) is 10.3 Å². The number of carbonyl (C=O) groups is 2. The molecular formula is C15H14N2O3. The van der Waals surface area contributed by atoms with E-state index in [9.17, 15) is 14.7 Å². The van der Waals surface area contributed by atoms with Crippen molar-refractivity contribution in [2.45, 2.75) is 18.6 Å². The number of H-pyrrole nitrogens is 1. The highest BCUT2D eigenvalue weighted by atomic mass is 16.3. The maximum Gasteiger partial charge on any atom is 0.268 e. The summed E-state index contributed by atoms with van der Waals surface area (Å²) in [7, 11) is 0. The van der Waals surface area contributed by atoms with E-state index in [-0.39, 0.29) is 5.91 Å². The monoisotopic (exact) mass is 270 g/mol. The molecule has 1 heterocycles. The Labute approximate surface area is 115 Å². The maximum atomic E-state index is 12.1. The zero-order valence-electron chi connectivity index (χ0n) is 10.7. The van der Waals surface area contributed by atoms with Crippen LogP contribution in [-0.2, 0) is 6.42 Å². The van der Waals surface area contributed by atoms with Crippen LogP contribution in [0.5, 0.6) is 0 Å². The van der Waals surface area contributed by atoms with Gasteiger partial charge in [-0.1, -0.05) is 24.3 Å². The molecule has 0 bridgehead atoms. The maximum absolute atomic E-state index is 12.1. The fourth-order valence-electron chi connectivity index (χ4n) is 2.58. The van der Waals surface area contributed by atoms with Crippen LogP contribution in [-0.4, -0.2) is 28.4 Å². The first-order chi connectivity index (χ1) is 9.69. The molecule has 0 saturated heterocycles. The van der Waals surface area contributed by atoms with Crippen molar-refractivity contribution in [3.8, 4) is 0 Å². The smallest absolute Gasteiger partial charge is 0.268 e. The molecule has 0 saturated carbocycles. The van der Waals surface area contributed by atoms with Crippen molar-refractivity contribution in [2.24, 2.45) is 0 Å². The van der Waals surface area contributed by atoms with Gasteiger partial charge in [0.05, 0.1) is 17.8 Å². The van der Waals surface area contributed by atoms with Crippen LogP contribution in [0.15, 0.2) is 36.4 Å². The van der Waals surface area contributed by atoms with Crippen LogP contribution in [0.2, 0.25) is 0 Å². The molecule has 5 heteroatoms. The SMILES string of the molecule is O=Cc1ccc(C(=O)N[C@@H]2c3ccccc3C[C@@H]2O)[nH]1. The molecule has 3 N–H and O–H groups in total. The topological polar surface area (TPSA) is 82.2 Å². The zero-order valence-corrected chi connectivity index (χ0v) is 10.7. The van der Waals surface area contributed by atoms with Gasteiger partial charge in [-0.05, 0) is 23.3 Å². The van der Waals surface area contributed by atoms with Gasteiger partial charge in [0.1, 0.15) is 5.69 Å². The number of amides is 1. The summed E-state index contributed by atoms with van der Waals surface area (Å²) in [4.78, 5) is 25.4. The van der Waals surface area contributed by atoms with Gasteiger partial charge in [-0.25, -0.2) is 0 Å². The summed E-state index contributed by atoms with van der Waals surface area (Å²) in [5.41, 5.74) is 2.65. The summed E-state index contributed by atoms with van der Waals surface area (Å²) in [5.74, 6) is -0.334. The Bertz CT molecular complexity index is 663. The van der Waals surface area contributed by atoms with Crippen molar-refractivity contribution in [2.75, 3.05) is 0 Å². The number of aliphatic hydroxyl groups is 1. The molecular weight excluding hydrogens is 256 g/mol. The van der Waals surface area contributed by atoms with E-state index in [0.717, 1.165) is 11.1 Å². The lowest BCUT2D eigenvalue weighted by Gasteiger charge is -2.17. The predicted octanol–water partition coefficient (Wildman–Crippen LogP) is 1.22. The number of aromatic amines is 1. The second kappa shape index (κ2) is 4.94. The molecule has 20 heavy (non-hydrogen) atoms. The number of rotatable bonds is 3. The van der Waals surface area contributed by atoms with Crippen molar-refractivity contribution < 1.29 is 14.7 Å². The zero-order chi connectivity index (χ0) is 14.1. The fraction of sp³-hybridized carbons (Fsp3) is 0.200. The summed E-state index contributed by atoms with van der Waals surface area (Å²) >= 11 is 0. The summed E-state index contributed by atoms with van der Waals surface area (Å²) < 4.78 is 0. The molecule has 2 atom stereocenters. The van der Waals surface area contributed by atoms with Gasteiger partial charge < -0.3 is 15.4 Å². The highest BCUT2D eigenvalue weighted by molar-refractivity contribution is 5.94. The van der Waals surface area contributed by atoms with Gasteiger partial charge in [0.15, 0.2) is 6.29 Å². The Morgan fingerprint density at radius 2 is 2.10 bits per heavy atom. The predicted molar refractivity (Wildman–Crippen MR) is 72.5 cm³/mol. The second-order valence-corrected chi connectivity index (χ2v) is 4.87. The van der Waals surface area contributed by atoms with Crippen LogP contribution in [0, 0.1) is 0 Å². The molecule has 3 rings (SSSR count). The lowest BCUT2D eigenvalue weighted by molar-refractivity contribution is 0.0854. The number of fused-ring (bicyclic) bond motifs is 1. The Hall–Kier alpha value is -2.40. The van der Waals surface area contributed by atoms with Crippen LogP contribution in [0.1, 0.15) is 38.1 Å². The van der Waals surface area contributed by atoms with Crippen molar-refractivity contribution in [1.82, 2.24) is 10.3 Å². The first-order valence-electron chi connectivity index (χ1n) is 6.40. The number of hydrogen-bond donors (Lipinski definition) is 3. The first kappa shape index (κ1) is 12.6. The van der Waals surface area contributed by atoms with Gasteiger partial charge in [-0.3, -0.25) is 9.59 Å². The molecule has 0 unspecified atom stereocenters. The van der Waals surface area contributed by atoms with Gasteiger partial charge >= 0.3 is 0 Å². The van der Waals surface area contributed by atoms with Crippen LogP contribution in [0.4, 0.5) is 0 Å². The van der Waals surface area contributed by atoms with E-state index >= 15 is 0 Å². The van der Waals surface area contributed by atoms with Crippen molar-refractivity contribution >= 4 is 12.2 Å². The van der Waals surface area contributed by atoms with Crippen LogP contribution in [0.3, 0.4) is 0 Å². The molecule has 102 valence electrons. The number of aldehydes is 1. The fourth-order valence-corrected chi connectivity index (χ4v) is 2.58. The molecule has 0 spiro atoms. The molecule has 1 aromatic carbocycles. The molecule has 1 aliphatic carbocycles. The summed E-state index contributed by atoms with van der Waals surface area (Å²) in [5, 5.41) is 12.9. The van der Waals surface area contributed by atoms with Gasteiger partial charge in [0, 0.05) is 6.42 Å². The van der Waals surface area contributed by atoms with E-state index in [4.69, 9.17) is 0 Å². The Balaban J connectivity index is 1.81. The number of hydrogen-bond acceptors (Lipinski definition) is 3. The highest BCUT2D eigenvalue weighted by Gasteiger charge is 2.32. The van der Waals surface area contributed by atoms with Crippen LogP contribution in [0.25, 0.3) is 0 Å². The minimum atomic E-state index is -0.628. The molecule has 5 nitrogen and oxygen atoms in total. The van der Waals surface area contributed by atoms with E-state index in [1.165, 1.54) is 0 Å². The van der Waals surface area contributed by atoms with E-state index in [0.29, 0.717) is 24.1 Å². The normalized spacial score (nSPS) is 20.4. The molecule has 1 amide bonds. The molecule has 0 fully saturated rings. The van der Waals surface area contributed by atoms with Crippen LogP contribution >= 0.6 is 0 Å². The standard InChI is InChI=1S/C15H14N2O3/c18-8-10-5-6-12(16-10)15(20)17-14-11-4-2-1-3-9(11)7-13(14)19/h1-6,8,13-14,16,19H,7H2,(H,17,20)/t13-,14+/m0/s1. The highest BCUT2D eigenvalue weighted by Crippen LogP contribution is 2.31. The Morgan fingerprint density at radius 3 is 2.85 bits per heavy atom. The lowest BCUT2D eigenvalue weighted by Crippen LogP contribution is -2.34. The molecule has 2 aromatic rings. The quantitative estimate of drug-likeness (QED) is 0.733. The van der Waals surface area contributed by atoms with E-state index < -0.39 is 12.1 Å². The summed E-state index contributed by atoms with van der Waals surface area (Å²) in [6.07, 6.45) is 0.555. The Morgan fingerprint density at radius 1 is 1.30 bits per heavy atom. The number of nitrogens with one attached hydrogen (secondary N) is 2. The molecule has 1 aliphatic rings. The van der Waals surface area contributed by atoms with Gasteiger partial charge in [-0.15, -0.1) is 0 Å². The number of benzene rings is 1. The molecule has 1 aromatic heterocycles. The third-order valence-corrected chi connectivity index (χ3v) is 3.57.